The highest BCUT2D eigenvalue weighted by Crippen LogP contribution is 2.42. The molecule has 2 N–H and O–H groups in total. The number of urea groups is 1. The van der Waals surface area contributed by atoms with Crippen LogP contribution >= 0.6 is 0 Å². The highest BCUT2D eigenvalue weighted by Gasteiger charge is 2.49. The van der Waals surface area contributed by atoms with Gasteiger partial charge in [0.25, 0.3) is 0 Å². The fraction of sp³-hybridized carbons (Fsp3) is 0.367. The van der Waals surface area contributed by atoms with Crippen LogP contribution in [0.2, 0.25) is 0 Å². The van der Waals surface area contributed by atoms with E-state index < -0.39 is 0 Å². The van der Waals surface area contributed by atoms with E-state index in [4.69, 9.17) is 4.74 Å². The maximum atomic E-state index is 13.3. The Kier molecular flexibility index (Phi) is 7.25. The molecule has 2 heterocycles. The zero-order valence-electron chi connectivity index (χ0n) is 21.1. The maximum absolute atomic E-state index is 13.3. The second-order valence-corrected chi connectivity index (χ2v) is 9.86. The van der Waals surface area contributed by atoms with Crippen LogP contribution in [0.25, 0.3) is 11.1 Å². The minimum atomic E-state index is -0.109. The average Bonchev–Trinajstić information content (AvgIpc) is 2.88. The van der Waals surface area contributed by atoms with Crippen molar-refractivity contribution in [2.24, 2.45) is 0 Å². The molecule has 2 saturated heterocycles. The second kappa shape index (κ2) is 10.7. The standard InChI is InChI=1S/C30H35N3O3/c1-21-8-7-9-24(18-21)22-12-14-23(15-13-22)29-26-19-32(16-5-6-17-33(26)27(29)20-34)30(35)31-25-10-3-4-11-28(25)36-2/h3-4,7-15,18,26-27,29,34H,5-6,16-17,19-20H2,1-2H3,(H,31,35)/t26-,27-,29-/m1/s1. The van der Waals surface area contributed by atoms with Crippen LogP contribution in [0.4, 0.5) is 10.5 Å². The Morgan fingerprint density at radius 3 is 2.53 bits per heavy atom. The third kappa shape index (κ3) is 4.84. The molecule has 2 aliphatic heterocycles. The Morgan fingerprint density at radius 1 is 1.00 bits per heavy atom. The number of methoxy groups -OCH3 is 1. The van der Waals surface area contributed by atoms with Gasteiger partial charge in [0, 0.05) is 31.1 Å². The Bertz CT molecular complexity index is 1200. The molecule has 0 radical (unpaired) electrons. The summed E-state index contributed by atoms with van der Waals surface area (Å²) >= 11 is 0. The predicted octanol–water partition coefficient (Wildman–Crippen LogP) is 5.13. The van der Waals surface area contributed by atoms with Crippen molar-refractivity contribution in [2.75, 3.05) is 38.7 Å². The number of carbonyl (C=O) groups is 1. The highest BCUT2D eigenvalue weighted by atomic mass is 16.5. The molecule has 3 aromatic rings. The lowest BCUT2D eigenvalue weighted by Gasteiger charge is -2.57. The smallest absolute Gasteiger partial charge is 0.322 e. The first-order chi connectivity index (χ1) is 17.6. The van der Waals surface area contributed by atoms with Crippen molar-refractivity contribution >= 4 is 11.7 Å². The summed E-state index contributed by atoms with van der Waals surface area (Å²) in [6.45, 7) is 4.52. The third-order valence-corrected chi connectivity index (χ3v) is 7.65. The number of rotatable bonds is 5. The monoisotopic (exact) mass is 485 g/mol. The number of anilines is 1. The molecule has 2 fully saturated rings. The van der Waals surface area contributed by atoms with E-state index in [1.807, 2.05) is 29.2 Å². The number of hydrogen-bond donors (Lipinski definition) is 2. The zero-order valence-corrected chi connectivity index (χ0v) is 21.1. The van der Waals surface area contributed by atoms with Crippen LogP contribution in [0.5, 0.6) is 5.75 Å². The molecule has 0 unspecified atom stereocenters. The van der Waals surface area contributed by atoms with E-state index in [2.05, 4.69) is 65.7 Å². The molecule has 6 heteroatoms. The number of ether oxygens (including phenoxy) is 1. The van der Waals surface area contributed by atoms with Crippen LogP contribution in [0.15, 0.2) is 72.8 Å². The van der Waals surface area contributed by atoms with E-state index >= 15 is 0 Å². The van der Waals surface area contributed by atoms with E-state index in [-0.39, 0.29) is 30.6 Å². The highest BCUT2D eigenvalue weighted by molar-refractivity contribution is 5.91. The number of aliphatic hydroxyl groups excluding tert-OH is 1. The van der Waals surface area contributed by atoms with Crippen LogP contribution < -0.4 is 10.1 Å². The van der Waals surface area contributed by atoms with Crippen LogP contribution in [-0.2, 0) is 0 Å². The predicted molar refractivity (Wildman–Crippen MR) is 144 cm³/mol. The van der Waals surface area contributed by atoms with E-state index in [1.165, 1.54) is 22.3 Å². The Balaban J connectivity index is 1.35. The molecule has 0 aliphatic carbocycles. The topological polar surface area (TPSA) is 65.0 Å². The summed E-state index contributed by atoms with van der Waals surface area (Å²) in [6.07, 6.45) is 1.95. The molecule has 6 nitrogen and oxygen atoms in total. The van der Waals surface area contributed by atoms with Crippen LogP contribution in [0.1, 0.15) is 29.9 Å². The van der Waals surface area contributed by atoms with Crippen molar-refractivity contribution in [2.45, 2.75) is 37.8 Å². The second-order valence-electron chi connectivity index (χ2n) is 9.86. The Hall–Kier alpha value is -3.35. The minimum absolute atomic E-state index is 0.0806. The van der Waals surface area contributed by atoms with E-state index in [9.17, 15) is 9.90 Å². The molecule has 5 rings (SSSR count). The molecule has 0 spiro atoms. The molecule has 36 heavy (non-hydrogen) atoms. The molecule has 0 aromatic heterocycles. The lowest BCUT2D eigenvalue weighted by molar-refractivity contribution is -0.0585. The molecule has 0 bridgehead atoms. The molecule has 3 atom stereocenters. The number of benzene rings is 3. The quantitative estimate of drug-likeness (QED) is 0.526. The number of fused-ring (bicyclic) bond motifs is 1. The van der Waals surface area contributed by atoms with Gasteiger partial charge in [0.05, 0.1) is 19.4 Å². The zero-order chi connectivity index (χ0) is 25.1. The minimum Gasteiger partial charge on any atom is -0.495 e. The fourth-order valence-corrected chi connectivity index (χ4v) is 5.79. The van der Waals surface area contributed by atoms with Gasteiger partial charge in [-0.3, -0.25) is 4.90 Å². The third-order valence-electron chi connectivity index (χ3n) is 7.65. The number of amides is 2. The van der Waals surface area contributed by atoms with Gasteiger partial charge in [-0.2, -0.15) is 0 Å². The first kappa shape index (κ1) is 24.3. The summed E-state index contributed by atoms with van der Waals surface area (Å²) < 4.78 is 5.41. The average molecular weight is 486 g/mol. The van der Waals surface area contributed by atoms with Crippen molar-refractivity contribution in [3.8, 4) is 16.9 Å². The summed E-state index contributed by atoms with van der Waals surface area (Å²) in [5, 5.41) is 13.3. The summed E-state index contributed by atoms with van der Waals surface area (Å²) in [6, 6.07) is 24.9. The number of carbonyl (C=O) groups excluding carboxylic acids is 1. The number of nitrogens with one attached hydrogen (secondary N) is 1. The normalized spacial score (nSPS) is 22.1. The van der Waals surface area contributed by atoms with Gasteiger partial charge >= 0.3 is 6.03 Å². The Morgan fingerprint density at radius 2 is 1.78 bits per heavy atom. The molecule has 2 amide bonds. The van der Waals surface area contributed by atoms with Gasteiger partial charge in [0.1, 0.15) is 5.75 Å². The Labute approximate surface area is 213 Å². The van der Waals surface area contributed by atoms with Gasteiger partial charge < -0.3 is 20.1 Å². The number of aliphatic hydroxyl groups is 1. The maximum Gasteiger partial charge on any atom is 0.322 e. The molecule has 0 saturated carbocycles. The first-order valence-corrected chi connectivity index (χ1v) is 12.8. The molecule has 3 aromatic carbocycles. The number of nitrogens with zero attached hydrogens (tertiary/aromatic N) is 2. The molecular formula is C30H35N3O3. The lowest BCUT2D eigenvalue weighted by atomic mass is 9.74. The SMILES string of the molecule is COc1ccccc1NC(=O)N1CCCCN2[C@H](CO)[C@H](c3ccc(-c4cccc(C)c4)cc3)[C@H]2C1. The summed E-state index contributed by atoms with van der Waals surface area (Å²) in [4.78, 5) is 17.6. The first-order valence-electron chi connectivity index (χ1n) is 12.8. The summed E-state index contributed by atoms with van der Waals surface area (Å²) in [5.41, 5.74) is 5.54. The van der Waals surface area contributed by atoms with Gasteiger partial charge in [0.2, 0.25) is 0 Å². The van der Waals surface area contributed by atoms with Crippen molar-refractivity contribution in [1.82, 2.24) is 9.80 Å². The van der Waals surface area contributed by atoms with Gasteiger partial charge in [-0.15, -0.1) is 0 Å². The largest absolute Gasteiger partial charge is 0.495 e. The van der Waals surface area contributed by atoms with E-state index in [0.29, 0.717) is 24.5 Å². The van der Waals surface area contributed by atoms with Gasteiger partial charge in [-0.1, -0.05) is 66.2 Å². The molecule has 2 aliphatic rings. The van der Waals surface area contributed by atoms with Crippen molar-refractivity contribution in [1.29, 1.82) is 0 Å². The van der Waals surface area contributed by atoms with Crippen LogP contribution in [0, 0.1) is 6.92 Å². The number of para-hydroxylation sites is 2. The van der Waals surface area contributed by atoms with Crippen molar-refractivity contribution in [3.05, 3.63) is 83.9 Å². The lowest BCUT2D eigenvalue weighted by Crippen LogP contribution is -2.68. The van der Waals surface area contributed by atoms with Gasteiger partial charge in [0.15, 0.2) is 0 Å². The van der Waals surface area contributed by atoms with E-state index in [0.717, 1.165) is 19.4 Å². The molecular weight excluding hydrogens is 450 g/mol. The number of aryl methyl sites for hydroxylation is 1. The van der Waals surface area contributed by atoms with E-state index in [1.54, 1.807) is 7.11 Å². The van der Waals surface area contributed by atoms with Crippen molar-refractivity contribution < 1.29 is 14.6 Å². The van der Waals surface area contributed by atoms with Crippen molar-refractivity contribution in [3.63, 3.8) is 0 Å². The fourth-order valence-electron chi connectivity index (χ4n) is 5.79. The van der Waals surface area contributed by atoms with Gasteiger partial charge in [-0.25, -0.2) is 4.79 Å². The summed E-state index contributed by atoms with van der Waals surface area (Å²) in [7, 11) is 1.61. The van der Waals surface area contributed by atoms with Gasteiger partial charge in [-0.05, 0) is 55.1 Å². The summed E-state index contributed by atoms with van der Waals surface area (Å²) in [5.74, 6) is 0.830. The van der Waals surface area contributed by atoms with Crippen LogP contribution in [-0.4, -0.2) is 66.4 Å². The van der Waals surface area contributed by atoms with Crippen LogP contribution in [0.3, 0.4) is 0 Å². The number of hydrogen-bond acceptors (Lipinski definition) is 4. The molecule has 188 valence electrons.